The van der Waals surface area contributed by atoms with E-state index in [9.17, 15) is 19.7 Å². The lowest BCUT2D eigenvalue weighted by atomic mass is 9.98. The molecule has 0 saturated heterocycles. The second kappa shape index (κ2) is 7.73. The molecule has 0 fully saturated rings. The van der Waals surface area contributed by atoms with Crippen molar-refractivity contribution in [3.05, 3.63) is 39.9 Å². The number of hydrogen-bond acceptors (Lipinski definition) is 6. The van der Waals surface area contributed by atoms with Gasteiger partial charge in [0.05, 0.1) is 18.1 Å². The third-order valence-electron chi connectivity index (χ3n) is 3.04. The molecule has 1 amide bonds. The summed E-state index contributed by atoms with van der Waals surface area (Å²) < 4.78 is 4.61. The Morgan fingerprint density at radius 1 is 1.50 bits per heavy atom. The molecule has 0 aromatic heterocycles. The molecule has 0 aliphatic heterocycles. The summed E-state index contributed by atoms with van der Waals surface area (Å²) in [5.41, 5.74) is -0.181. The molecule has 8 heteroatoms. The number of methoxy groups -OCH3 is 1. The van der Waals surface area contributed by atoms with E-state index in [0.717, 1.165) is 6.07 Å². The number of nitriles is 1. The van der Waals surface area contributed by atoms with Gasteiger partial charge >= 0.3 is 5.97 Å². The van der Waals surface area contributed by atoms with E-state index in [1.54, 1.807) is 6.92 Å². The molecule has 0 radical (unpaired) electrons. The van der Waals surface area contributed by atoms with Gasteiger partial charge in [-0.15, -0.1) is 0 Å². The van der Waals surface area contributed by atoms with E-state index in [1.165, 1.54) is 25.3 Å². The Hall–Kier alpha value is -2.95. The van der Waals surface area contributed by atoms with Crippen LogP contribution in [-0.4, -0.2) is 30.0 Å². The Kier molecular flexibility index (Phi) is 6.01. The van der Waals surface area contributed by atoms with Crippen molar-refractivity contribution in [3.8, 4) is 6.07 Å². The van der Waals surface area contributed by atoms with Crippen molar-refractivity contribution in [2.45, 2.75) is 19.4 Å². The Balaban J connectivity index is 2.96. The van der Waals surface area contributed by atoms with Gasteiger partial charge in [0, 0.05) is 30.0 Å². The molecule has 0 aliphatic rings. The highest BCUT2D eigenvalue weighted by Gasteiger charge is 2.28. The van der Waals surface area contributed by atoms with Crippen molar-refractivity contribution in [2.75, 3.05) is 7.11 Å². The van der Waals surface area contributed by atoms with Gasteiger partial charge in [0.2, 0.25) is 0 Å². The van der Waals surface area contributed by atoms with Crippen LogP contribution in [0.3, 0.4) is 0 Å². The summed E-state index contributed by atoms with van der Waals surface area (Å²) in [5.74, 6) is -1.79. The van der Waals surface area contributed by atoms with Crippen molar-refractivity contribution in [1.82, 2.24) is 5.32 Å². The van der Waals surface area contributed by atoms with Gasteiger partial charge in [-0.2, -0.15) is 5.26 Å². The second-order valence-electron chi connectivity index (χ2n) is 4.62. The third kappa shape index (κ3) is 4.28. The second-order valence-corrected chi connectivity index (χ2v) is 4.62. The van der Waals surface area contributed by atoms with Gasteiger partial charge in [0.15, 0.2) is 0 Å². The summed E-state index contributed by atoms with van der Waals surface area (Å²) in [7, 11) is 1.17. The first-order chi connectivity index (χ1) is 10.4. The van der Waals surface area contributed by atoms with Crippen LogP contribution in [0.25, 0.3) is 0 Å². The largest absolute Gasteiger partial charge is 0.467 e. The number of amides is 1. The smallest absolute Gasteiger partial charge is 0.328 e. The Bertz CT molecular complexity index is 623. The molecule has 0 unspecified atom stereocenters. The number of carbonyl (C=O) groups excluding carboxylic acids is 2. The summed E-state index contributed by atoms with van der Waals surface area (Å²) in [6.07, 6.45) is 0.0506. The van der Waals surface area contributed by atoms with Crippen molar-refractivity contribution < 1.29 is 19.2 Å². The maximum Gasteiger partial charge on any atom is 0.328 e. The van der Waals surface area contributed by atoms with E-state index in [4.69, 9.17) is 5.26 Å². The fraction of sp³-hybridized carbons (Fsp3) is 0.357. The molecule has 8 nitrogen and oxygen atoms in total. The van der Waals surface area contributed by atoms with Crippen molar-refractivity contribution >= 4 is 17.6 Å². The quantitative estimate of drug-likeness (QED) is 0.481. The monoisotopic (exact) mass is 305 g/mol. The molecule has 1 aromatic rings. The van der Waals surface area contributed by atoms with E-state index in [1.807, 2.05) is 6.07 Å². The number of benzene rings is 1. The summed E-state index contributed by atoms with van der Waals surface area (Å²) in [5, 5.41) is 21.9. The third-order valence-corrected chi connectivity index (χ3v) is 3.04. The van der Waals surface area contributed by atoms with E-state index in [-0.39, 0.29) is 17.7 Å². The molecule has 0 spiro atoms. The lowest BCUT2D eigenvalue weighted by Crippen LogP contribution is -2.45. The number of nitrogens with one attached hydrogen (secondary N) is 1. The lowest BCUT2D eigenvalue weighted by molar-refractivity contribution is -0.384. The SMILES string of the molecule is COC(=O)[C@H](NC(=O)c1cccc([N+](=O)[O-])c1)[C@H](C)CC#N. The molecular formula is C14H15N3O5. The zero-order chi connectivity index (χ0) is 16.7. The Labute approximate surface area is 126 Å². The van der Waals surface area contributed by atoms with E-state index in [2.05, 4.69) is 10.1 Å². The number of rotatable bonds is 6. The van der Waals surface area contributed by atoms with Crippen molar-refractivity contribution in [2.24, 2.45) is 5.92 Å². The fourth-order valence-corrected chi connectivity index (χ4v) is 1.81. The van der Waals surface area contributed by atoms with E-state index < -0.39 is 28.8 Å². The molecule has 1 aromatic carbocycles. The molecule has 0 aliphatic carbocycles. The number of non-ortho nitro benzene ring substituents is 1. The van der Waals surface area contributed by atoms with Crippen LogP contribution < -0.4 is 5.32 Å². The number of hydrogen-bond donors (Lipinski definition) is 1. The molecule has 0 bridgehead atoms. The highest BCUT2D eigenvalue weighted by atomic mass is 16.6. The summed E-state index contributed by atoms with van der Waals surface area (Å²) in [6.45, 7) is 1.62. The Morgan fingerprint density at radius 2 is 2.18 bits per heavy atom. The molecular weight excluding hydrogens is 290 g/mol. The zero-order valence-corrected chi connectivity index (χ0v) is 12.1. The predicted octanol–water partition coefficient (Wildman–Crippen LogP) is 1.42. The van der Waals surface area contributed by atoms with Crippen molar-refractivity contribution in [3.63, 3.8) is 0 Å². The van der Waals surface area contributed by atoms with Gasteiger partial charge < -0.3 is 10.1 Å². The molecule has 1 N–H and O–H groups in total. The summed E-state index contributed by atoms with van der Waals surface area (Å²) >= 11 is 0. The van der Waals surface area contributed by atoms with Crippen LogP contribution in [0.15, 0.2) is 24.3 Å². The van der Waals surface area contributed by atoms with Gasteiger partial charge in [-0.3, -0.25) is 14.9 Å². The molecule has 22 heavy (non-hydrogen) atoms. The van der Waals surface area contributed by atoms with Crippen LogP contribution >= 0.6 is 0 Å². The predicted molar refractivity (Wildman–Crippen MR) is 75.8 cm³/mol. The summed E-state index contributed by atoms with van der Waals surface area (Å²) in [6, 6.07) is 6.05. The standard InChI is InChI=1S/C14H15N3O5/c1-9(6-7-15)12(14(19)22-2)16-13(18)10-4-3-5-11(8-10)17(20)21/h3-5,8-9,12H,6H2,1-2H3,(H,16,18)/t9-,12-/m1/s1. The maximum absolute atomic E-state index is 12.1. The zero-order valence-electron chi connectivity index (χ0n) is 12.1. The number of ether oxygens (including phenoxy) is 1. The average molecular weight is 305 g/mol. The van der Waals surface area contributed by atoms with Gasteiger partial charge in [-0.25, -0.2) is 4.79 Å². The van der Waals surface area contributed by atoms with Crippen LogP contribution in [0.4, 0.5) is 5.69 Å². The molecule has 2 atom stereocenters. The van der Waals surface area contributed by atoms with Crippen LogP contribution in [0, 0.1) is 27.4 Å². The van der Waals surface area contributed by atoms with Crippen LogP contribution in [0.2, 0.25) is 0 Å². The number of esters is 1. The van der Waals surface area contributed by atoms with Gasteiger partial charge in [-0.05, 0) is 6.07 Å². The first-order valence-electron chi connectivity index (χ1n) is 6.40. The van der Waals surface area contributed by atoms with Gasteiger partial charge in [-0.1, -0.05) is 13.0 Å². The normalized spacial score (nSPS) is 12.6. The molecule has 0 heterocycles. The first kappa shape index (κ1) is 17.1. The summed E-state index contributed by atoms with van der Waals surface area (Å²) in [4.78, 5) is 33.9. The number of carbonyl (C=O) groups is 2. The number of nitro groups is 1. The topological polar surface area (TPSA) is 122 Å². The minimum atomic E-state index is -1.00. The molecule has 116 valence electrons. The van der Waals surface area contributed by atoms with Gasteiger partial charge in [0.25, 0.3) is 11.6 Å². The number of nitrogens with zero attached hydrogens (tertiary/aromatic N) is 2. The van der Waals surface area contributed by atoms with Crippen LogP contribution in [0.5, 0.6) is 0 Å². The minimum absolute atomic E-state index is 0.0484. The highest BCUT2D eigenvalue weighted by Crippen LogP contribution is 2.15. The van der Waals surface area contributed by atoms with Crippen LogP contribution in [0.1, 0.15) is 23.7 Å². The minimum Gasteiger partial charge on any atom is -0.467 e. The van der Waals surface area contributed by atoms with Crippen molar-refractivity contribution in [1.29, 1.82) is 5.26 Å². The maximum atomic E-state index is 12.1. The lowest BCUT2D eigenvalue weighted by Gasteiger charge is -2.21. The number of nitro benzene ring substituents is 1. The highest BCUT2D eigenvalue weighted by molar-refractivity contribution is 5.97. The van der Waals surface area contributed by atoms with Crippen LogP contribution in [-0.2, 0) is 9.53 Å². The van der Waals surface area contributed by atoms with E-state index >= 15 is 0 Å². The fourth-order valence-electron chi connectivity index (χ4n) is 1.81. The molecule has 0 saturated carbocycles. The molecule has 1 rings (SSSR count). The Morgan fingerprint density at radius 3 is 2.73 bits per heavy atom. The van der Waals surface area contributed by atoms with Gasteiger partial charge in [0.1, 0.15) is 6.04 Å². The first-order valence-corrected chi connectivity index (χ1v) is 6.40. The van der Waals surface area contributed by atoms with E-state index in [0.29, 0.717) is 0 Å². The average Bonchev–Trinajstić information content (AvgIpc) is 2.51.